The van der Waals surface area contributed by atoms with Gasteiger partial charge in [0.25, 0.3) is 10.1 Å². The van der Waals surface area contributed by atoms with E-state index in [1.165, 1.54) is 23.5 Å². The van der Waals surface area contributed by atoms with E-state index in [-0.39, 0.29) is 17.3 Å². The highest BCUT2D eigenvalue weighted by molar-refractivity contribution is 7.86. The highest BCUT2D eigenvalue weighted by Crippen LogP contribution is 2.29. The van der Waals surface area contributed by atoms with Gasteiger partial charge in [-0.15, -0.1) is 11.3 Å². The number of benzene rings is 2. The van der Waals surface area contributed by atoms with E-state index in [0.717, 1.165) is 0 Å². The van der Waals surface area contributed by atoms with E-state index in [0.29, 0.717) is 39.7 Å². The first-order valence-electron chi connectivity index (χ1n) is 9.22. The molecule has 0 aliphatic carbocycles. The van der Waals surface area contributed by atoms with Crippen molar-refractivity contribution in [3.05, 3.63) is 69.5 Å². The van der Waals surface area contributed by atoms with Crippen LogP contribution < -0.4 is 0 Å². The Morgan fingerprint density at radius 1 is 0.838 bits per heavy atom. The summed E-state index contributed by atoms with van der Waals surface area (Å²) in [7, 11) is -12.8. The van der Waals surface area contributed by atoms with Crippen molar-refractivity contribution in [3.63, 3.8) is 0 Å². The Hall–Kier alpha value is -2.41. The van der Waals surface area contributed by atoms with Crippen molar-refractivity contribution in [2.24, 2.45) is 0 Å². The molecule has 0 aliphatic rings. The Balaban J connectivity index is 0.000000524. The average molecular weight is 607 g/mol. The summed E-state index contributed by atoms with van der Waals surface area (Å²) in [4.78, 5) is 3.48. The molecule has 0 atom stereocenters. The molecule has 0 saturated heterocycles. The summed E-state index contributed by atoms with van der Waals surface area (Å²) in [5, 5.41) is 0.412. The van der Waals surface area contributed by atoms with Crippen LogP contribution in [0.3, 0.4) is 0 Å². The van der Waals surface area contributed by atoms with E-state index in [1.54, 1.807) is 32.9 Å². The number of hydrogen-bond acceptors (Lipinski definition) is 9. The molecule has 3 rings (SSSR count). The van der Waals surface area contributed by atoms with Crippen LogP contribution in [0.25, 0.3) is 0 Å². The summed E-state index contributed by atoms with van der Waals surface area (Å²) in [6.45, 7) is 4.88. The Morgan fingerprint density at radius 2 is 1.32 bits per heavy atom. The van der Waals surface area contributed by atoms with Crippen molar-refractivity contribution < 1.29 is 52.1 Å². The van der Waals surface area contributed by atoms with Crippen molar-refractivity contribution in [2.75, 3.05) is 0 Å². The Bertz CT molecular complexity index is 1510. The second-order valence-corrected chi connectivity index (χ2v) is 12.3. The van der Waals surface area contributed by atoms with E-state index < -0.39 is 47.0 Å². The number of nitrogens with zero attached hydrogens (tertiary/aromatic N) is 1. The fourth-order valence-corrected chi connectivity index (χ4v) is 5.42. The van der Waals surface area contributed by atoms with Gasteiger partial charge < -0.3 is 4.55 Å². The van der Waals surface area contributed by atoms with Crippen LogP contribution in [-0.4, -0.2) is 43.9 Å². The highest BCUT2D eigenvalue weighted by atomic mass is 32.2. The predicted molar refractivity (Wildman–Crippen MR) is 129 cm³/mol. The third kappa shape index (κ3) is 11.2. The van der Waals surface area contributed by atoms with Gasteiger partial charge in [0.1, 0.15) is 10.1 Å². The number of aromatic nitrogens is 1. The minimum Gasteiger partial charge on any atom is -0.744 e. The smallest absolute Gasteiger partial charge is 0.416 e. The molecule has 1 aromatic heterocycles. The van der Waals surface area contributed by atoms with E-state index in [2.05, 4.69) is 4.98 Å². The van der Waals surface area contributed by atoms with E-state index in [1.807, 2.05) is 0 Å². The molecule has 1 heterocycles. The molecular weight excluding hydrogens is 583 g/mol. The van der Waals surface area contributed by atoms with Gasteiger partial charge in [-0.1, -0.05) is 25.6 Å². The van der Waals surface area contributed by atoms with Crippen molar-refractivity contribution >= 4 is 41.7 Å². The quantitative estimate of drug-likeness (QED) is 0.403. The maximum absolute atomic E-state index is 12.0. The lowest BCUT2D eigenvalue weighted by Gasteiger charge is -2.08. The molecule has 0 aliphatic heterocycles. The monoisotopic (exact) mass is 606 g/mol. The maximum Gasteiger partial charge on any atom is 0.416 e. The fourth-order valence-electron chi connectivity index (χ4n) is 2.40. The van der Waals surface area contributed by atoms with Gasteiger partial charge in [0.15, 0.2) is 5.03 Å². The summed E-state index contributed by atoms with van der Waals surface area (Å²) in [5.74, 6) is 0. The third-order valence-corrected chi connectivity index (χ3v) is 7.71. The van der Waals surface area contributed by atoms with Gasteiger partial charge in [-0.2, -0.15) is 30.0 Å². The molecule has 2 aromatic carbocycles. The lowest BCUT2D eigenvalue weighted by molar-refractivity contribution is -0.137. The van der Waals surface area contributed by atoms with Crippen molar-refractivity contribution in [2.45, 2.75) is 49.2 Å². The van der Waals surface area contributed by atoms with Crippen LogP contribution in [0, 0.1) is 20.8 Å². The zero-order chi connectivity index (χ0) is 28.1. The van der Waals surface area contributed by atoms with Gasteiger partial charge in [0.2, 0.25) is 0 Å². The predicted octanol–water partition coefficient (Wildman–Crippen LogP) is 4.49. The molecule has 0 bridgehead atoms. The van der Waals surface area contributed by atoms with Gasteiger partial charge >= 0.3 is 16.3 Å². The molecule has 0 saturated carbocycles. The second-order valence-electron chi connectivity index (χ2n) is 6.79. The highest BCUT2D eigenvalue weighted by Gasteiger charge is 2.30. The van der Waals surface area contributed by atoms with E-state index in [4.69, 9.17) is 9.11 Å². The number of aryl methyl sites for hydroxylation is 3. The van der Waals surface area contributed by atoms with Gasteiger partial charge in [0.05, 0.1) is 20.4 Å². The van der Waals surface area contributed by atoms with Crippen LogP contribution in [0.15, 0.2) is 63.3 Å². The van der Waals surface area contributed by atoms with Crippen molar-refractivity contribution in [3.8, 4) is 0 Å². The van der Waals surface area contributed by atoms with E-state index >= 15 is 0 Å². The number of thiazole rings is 1. The summed E-state index contributed by atoms with van der Waals surface area (Å²) < 4.78 is 127. The number of alkyl halides is 3. The van der Waals surface area contributed by atoms with Crippen molar-refractivity contribution in [1.82, 2.24) is 4.98 Å². The maximum atomic E-state index is 12.0. The lowest BCUT2D eigenvalue weighted by atomic mass is 10.2. The van der Waals surface area contributed by atoms with Crippen LogP contribution in [0.1, 0.15) is 28.4 Å². The molecule has 3 aromatic rings. The first-order chi connectivity index (χ1) is 16.1. The van der Waals surface area contributed by atoms with Crippen LogP contribution in [0.2, 0.25) is 0 Å². The number of rotatable bonds is 3. The molecule has 17 heteroatoms. The minimum atomic E-state index is -4.52. The number of hydrogen-bond donors (Lipinski definition) is 2. The summed E-state index contributed by atoms with van der Waals surface area (Å²) in [6, 6.07) is 8.66. The molecule has 10 nitrogen and oxygen atoms in total. The summed E-state index contributed by atoms with van der Waals surface area (Å²) in [5.41, 5.74) is -0.479. The molecule has 0 fully saturated rings. The van der Waals surface area contributed by atoms with Gasteiger partial charge in [-0.05, 0) is 56.7 Å². The molecular formula is C20H23F3NO9S4-. The van der Waals surface area contributed by atoms with Gasteiger partial charge in [-0.25, -0.2) is 13.4 Å². The summed E-state index contributed by atoms with van der Waals surface area (Å²) in [6.07, 6.45) is -4.52. The zero-order valence-electron chi connectivity index (χ0n) is 18.6. The van der Waals surface area contributed by atoms with Gasteiger partial charge in [0, 0.05) is 4.88 Å². The topological polar surface area (TPSA) is 179 Å². The standard InChI is InChI=1S/C7H5F3O3S.C7H8O3S.C5H7NO3S2.CH4/c8-7(9,10)5-1-3-6(4-2-5)14(11,12)13;1-6-4-2-3-5-7(6)11(8,9)10;1-3-5(11(7,8)9)6-4(2)10-3;/h1-4H,(H,11,12,13);2-5H,1H3,(H,8,9,10);1-2H3,(H,7,8,9);1H4/p-1. The van der Waals surface area contributed by atoms with Crippen LogP contribution >= 0.6 is 11.3 Å². The Kier molecular flexibility index (Phi) is 12.1. The molecule has 208 valence electrons. The molecule has 0 unspecified atom stereocenters. The zero-order valence-corrected chi connectivity index (χ0v) is 21.9. The van der Waals surface area contributed by atoms with Crippen LogP contribution in [-0.2, 0) is 36.5 Å². The first kappa shape index (κ1) is 34.6. The summed E-state index contributed by atoms with van der Waals surface area (Å²) >= 11 is 1.25. The number of halogens is 3. The molecule has 37 heavy (non-hydrogen) atoms. The van der Waals surface area contributed by atoms with Crippen molar-refractivity contribution in [1.29, 1.82) is 0 Å². The second kappa shape index (κ2) is 12.9. The largest absolute Gasteiger partial charge is 0.744 e. The molecule has 0 radical (unpaired) electrons. The fraction of sp³-hybridized carbons (Fsp3) is 0.250. The molecule has 2 N–H and O–H groups in total. The van der Waals surface area contributed by atoms with Crippen LogP contribution in [0.5, 0.6) is 0 Å². The molecule has 0 spiro atoms. The SMILES string of the molecule is C.Cc1ccccc1S(=O)(=O)[O-].Cc1nc(S(=O)(=O)O)c(C)s1.O=S(=O)(O)c1ccc(C(F)(F)F)cc1. The van der Waals surface area contributed by atoms with Gasteiger partial charge in [-0.3, -0.25) is 9.11 Å². The lowest BCUT2D eigenvalue weighted by Crippen LogP contribution is -2.05. The average Bonchev–Trinajstić information content (AvgIpc) is 3.06. The third-order valence-electron chi connectivity index (χ3n) is 3.95. The molecule has 0 amide bonds. The Morgan fingerprint density at radius 3 is 1.59 bits per heavy atom. The van der Waals surface area contributed by atoms with E-state index in [9.17, 15) is 43.0 Å². The Labute approximate surface area is 217 Å². The first-order valence-corrected chi connectivity index (χ1v) is 14.3. The minimum absolute atomic E-state index is 0. The normalized spacial score (nSPS) is 11.8. The van der Waals surface area contributed by atoms with Crippen LogP contribution in [0.4, 0.5) is 13.2 Å².